The van der Waals surface area contributed by atoms with Gasteiger partial charge in [-0.2, -0.15) is 0 Å². The Morgan fingerprint density at radius 3 is 2.47 bits per heavy atom. The summed E-state index contributed by atoms with van der Waals surface area (Å²) in [5.41, 5.74) is -0.850. The maximum atomic E-state index is 13.2. The van der Waals surface area contributed by atoms with Crippen LogP contribution in [0.1, 0.15) is 46.5 Å². The first-order chi connectivity index (χ1) is 14.4. The first-order valence-corrected chi connectivity index (χ1v) is 11.0. The smallest absolute Gasteiger partial charge is 0.260 e. The van der Waals surface area contributed by atoms with Crippen LogP contribution < -0.4 is 10.1 Å². The molecule has 1 N–H and O–H groups in total. The molecule has 0 bridgehead atoms. The van der Waals surface area contributed by atoms with E-state index in [1.807, 2.05) is 37.3 Å². The van der Waals surface area contributed by atoms with Gasteiger partial charge in [-0.3, -0.25) is 14.4 Å². The summed E-state index contributed by atoms with van der Waals surface area (Å²) in [5.74, 6) is 0.810. The summed E-state index contributed by atoms with van der Waals surface area (Å²) in [6.07, 6.45) is 2.34. The Hall–Kier alpha value is -2.57. The van der Waals surface area contributed by atoms with Crippen molar-refractivity contribution in [3.63, 3.8) is 0 Å². The van der Waals surface area contributed by atoms with Gasteiger partial charge >= 0.3 is 0 Å². The standard InChI is InChI=1S/C23H33N3O4/c1-4-12-26-21(28)19(15-17(2)3)24-22(29)23(26)10-13-25(14-11-23)20(27)16-30-18-8-6-5-7-9-18/h5-9,17,19H,4,10-16H2,1-3H3,(H,24,29). The van der Waals surface area contributed by atoms with Gasteiger partial charge in [0.25, 0.3) is 5.91 Å². The Morgan fingerprint density at radius 2 is 1.87 bits per heavy atom. The van der Waals surface area contributed by atoms with E-state index in [4.69, 9.17) is 4.74 Å². The number of piperidine rings is 1. The topological polar surface area (TPSA) is 79.0 Å². The quantitative estimate of drug-likeness (QED) is 0.741. The van der Waals surface area contributed by atoms with Crippen LogP contribution in [0, 0.1) is 5.92 Å². The maximum absolute atomic E-state index is 13.2. The van der Waals surface area contributed by atoms with Gasteiger partial charge in [0, 0.05) is 19.6 Å². The molecular weight excluding hydrogens is 382 g/mol. The molecule has 2 fully saturated rings. The molecule has 164 valence electrons. The van der Waals surface area contributed by atoms with Crippen LogP contribution >= 0.6 is 0 Å². The number of nitrogens with zero attached hydrogens (tertiary/aromatic N) is 2. The van der Waals surface area contributed by atoms with Gasteiger partial charge in [0.15, 0.2) is 6.61 Å². The van der Waals surface area contributed by atoms with E-state index in [0.29, 0.717) is 50.6 Å². The molecule has 2 aliphatic heterocycles. The number of carbonyl (C=O) groups excluding carboxylic acids is 3. The average molecular weight is 416 g/mol. The summed E-state index contributed by atoms with van der Waals surface area (Å²) in [7, 11) is 0. The van der Waals surface area contributed by atoms with Crippen molar-refractivity contribution in [2.45, 2.75) is 58.0 Å². The molecule has 30 heavy (non-hydrogen) atoms. The lowest BCUT2D eigenvalue weighted by molar-refractivity contribution is -0.163. The number of ether oxygens (including phenoxy) is 1. The van der Waals surface area contributed by atoms with E-state index >= 15 is 0 Å². The summed E-state index contributed by atoms with van der Waals surface area (Å²) in [4.78, 5) is 42.4. The second kappa shape index (κ2) is 9.49. The molecule has 2 aliphatic rings. The molecule has 7 heteroatoms. The monoisotopic (exact) mass is 415 g/mol. The van der Waals surface area contributed by atoms with Crippen LogP contribution in [-0.4, -0.2) is 65.3 Å². The van der Waals surface area contributed by atoms with Gasteiger partial charge < -0.3 is 19.9 Å². The maximum Gasteiger partial charge on any atom is 0.260 e. The normalized spacial score (nSPS) is 21.1. The third-order valence-electron chi connectivity index (χ3n) is 6.01. The predicted octanol–water partition coefficient (Wildman–Crippen LogP) is 2.21. The second-order valence-corrected chi connectivity index (χ2v) is 8.66. The number of carbonyl (C=O) groups is 3. The highest BCUT2D eigenvalue weighted by Gasteiger charge is 2.53. The first kappa shape index (κ1) is 22.1. The summed E-state index contributed by atoms with van der Waals surface area (Å²) < 4.78 is 5.57. The van der Waals surface area contributed by atoms with E-state index < -0.39 is 11.6 Å². The Bertz CT molecular complexity index is 757. The zero-order chi connectivity index (χ0) is 21.7. The highest BCUT2D eigenvalue weighted by atomic mass is 16.5. The highest BCUT2D eigenvalue weighted by molar-refractivity contribution is 6.00. The van der Waals surface area contributed by atoms with Gasteiger partial charge in [0.1, 0.15) is 17.3 Å². The van der Waals surface area contributed by atoms with Crippen molar-refractivity contribution in [3.8, 4) is 5.75 Å². The van der Waals surface area contributed by atoms with E-state index in [2.05, 4.69) is 19.2 Å². The molecule has 0 saturated carbocycles. The second-order valence-electron chi connectivity index (χ2n) is 8.66. The number of benzene rings is 1. The fourth-order valence-electron chi connectivity index (χ4n) is 4.43. The van der Waals surface area contributed by atoms with Crippen molar-refractivity contribution < 1.29 is 19.1 Å². The van der Waals surface area contributed by atoms with Crippen LogP contribution in [0.4, 0.5) is 0 Å². The molecular formula is C23H33N3O4. The molecule has 2 heterocycles. The molecule has 0 aliphatic carbocycles. The molecule has 2 saturated heterocycles. The van der Waals surface area contributed by atoms with E-state index in [0.717, 1.165) is 6.42 Å². The van der Waals surface area contributed by atoms with Crippen LogP contribution in [0.2, 0.25) is 0 Å². The molecule has 1 aromatic carbocycles. The summed E-state index contributed by atoms with van der Waals surface area (Å²) >= 11 is 0. The van der Waals surface area contributed by atoms with Crippen LogP contribution in [0.15, 0.2) is 30.3 Å². The lowest BCUT2D eigenvalue weighted by Crippen LogP contribution is -2.73. The molecule has 1 spiro atoms. The fourth-order valence-corrected chi connectivity index (χ4v) is 4.43. The van der Waals surface area contributed by atoms with E-state index in [-0.39, 0.29) is 24.3 Å². The van der Waals surface area contributed by atoms with Crippen molar-refractivity contribution in [1.82, 2.24) is 15.1 Å². The minimum atomic E-state index is -0.850. The number of hydrogen-bond donors (Lipinski definition) is 1. The third kappa shape index (κ3) is 4.60. The largest absolute Gasteiger partial charge is 0.484 e. The Labute approximate surface area is 178 Å². The zero-order valence-corrected chi connectivity index (χ0v) is 18.2. The van der Waals surface area contributed by atoms with Crippen LogP contribution in [0.3, 0.4) is 0 Å². The van der Waals surface area contributed by atoms with E-state index in [1.54, 1.807) is 9.80 Å². The van der Waals surface area contributed by atoms with Gasteiger partial charge in [-0.15, -0.1) is 0 Å². The van der Waals surface area contributed by atoms with Crippen molar-refractivity contribution in [2.24, 2.45) is 5.92 Å². The van der Waals surface area contributed by atoms with Gasteiger partial charge in [0.05, 0.1) is 0 Å². The van der Waals surface area contributed by atoms with Crippen molar-refractivity contribution in [1.29, 1.82) is 0 Å². The fraction of sp³-hybridized carbons (Fsp3) is 0.609. The number of nitrogens with one attached hydrogen (secondary N) is 1. The minimum absolute atomic E-state index is 0.0114. The molecule has 1 unspecified atom stereocenters. The van der Waals surface area contributed by atoms with Gasteiger partial charge in [-0.05, 0) is 43.7 Å². The molecule has 0 aromatic heterocycles. The average Bonchev–Trinajstić information content (AvgIpc) is 2.74. The Morgan fingerprint density at radius 1 is 1.20 bits per heavy atom. The molecule has 1 atom stereocenters. The Balaban J connectivity index is 1.64. The van der Waals surface area contributed by atoms with Crippen LogP contribution in [-0.2, 0) is 14.4 Å². The number of amides is 3. The number of hydrogen-bond acceptors (Lipinski definition) is 4. The summed E-state index contributed by atoms with van der Waals surface area (Å²) in [6.45, 7) is 7.53. The summed E-state index contributed by atoms with van der Waals surface area (Å²) in [5, 5.41) is 2.98. The Kier molecular flexibility index (Phi) is 7.00. The highest BCUT2D eigenvalue weighted by Crippen LogP contribution is 2.34. The number of rotatable bonds is 7. The lowest BCUT2D eigenvalue weighted by Gasteiger charge is -2.51. The summed E-state index contributed by atoms with van der Waals surface area (Å²) in [6, 6.07) is 8.78. The van der Waals surface area contributed by atoms with Crippen molar-refractivity contribution in [3.05, 3.63) is 30.3 Å². The van der Waals surface area contributed by atoms with Crippen molar-refractivity contribution in [2.75, 3.05) is 26.2 Å². The lowest BCUT2D eigenvalue weighted by atomic mass is 9.81. The number of piperazine rings is 1. The first-order valence-electron chi connectivity index (χ1n) is 11.0. The van der Waals surface area contributed by atoms with Crippen LogP contribution in [0.25, 0.3) is 0 Å². The predicted molar refractivity (Wildman–Crippen MR) is 114 cm³/mol. The van der Waals surface area contributed by atoms with Crippen molar-refractivity contribution >= 4 is 17.7 Å². The van der Waals surface area contributed by atoms with Gasteiger partial charge in [-0.1, -0.05) is 39.0 Å². The van der Waals surface area contributed by atoms with Gasteiger partial charge in [-0.25, -0.2) is 0 Å². The molecule has 0 radical (unpaired) electrons. The number of likely N-dealkylation sites (tertiary alicyclic amines) is 1. The molecule has 3 amide bonds. The number of para-hydroxylation sites is 1. The third-order valence-corrected chi connectivity index (χ3v) is 6.01. The SMILES string of the molecule is CCCN1C(=O)C(CC(C)C)NC(=O)C12CCN(C(=O)COc1ccccc1)CC2. The molecule has 3 rings (SSSR count). The van der Waals surface area contributed by atoms with Gasteiger partial charge in [0.2, 0.25) is 11.8 Å². The molecule has 1 aromatic rings. The van der Waals surface area contributed by atoms with Crippen LogP contribution in [0.5, 0.6) is 5.75 Å². The molecule has 7 nitrogen and oxygen atoms in total. The van der Waals surface area contributed by atoms with E-state index in [1.165, 1.54) is 0 Å². The minimum Gasteiger partial charge on any atom is -0.484 e. The zero-order valence-electron chi connectivity index (χ0n) is 18.2. The van der Waals surface area contributed by atoms with E-state index in [9.17, 15) is 14.4 Å².